The van der Waals surface area contributed by atoms with Crippen LogP contribution in [0.15, 0.2) is 30.3 Å². The second-order valence-electron chi connectivity index (χ2n) is 7.53. The fourth-order valence-corrected chi connectivity index (χ4v) is 4.53. The van der Waals surface area contributed by atoms with Crippen LogP contribution in [0.4, 0.5) is 5.69 Å². The molecule has 0 amide bonds. The molecular weight excluding hydrogens is 298 g/mol. The quantitative estimate of drug-likeness (QED) is 0.844. The molecule has 3 fully saturated rings. The van der Waals surface area contributed by atoms with E-state index in [4.69, 9.17) is 4.74 Å². The van der Waals surface area contributed by atoms with Crippen LogP contribution < -0.4 is 4.90 Å². The lowest BCUT2D eigenvalue weighted by molar-refractivity contribution is 0.0470. The fraction of sp³-hybridized carbons (Fsp3) is 0.700. The molecule has 0 saturated carbocycles. The van der Waals surface area contributed by atoms with Crippen LogP contribution in [-0.2, 0) is 4.74 Å². The van der Waals surface area contributed by atoms with E-state index in [2.05, 4.69) is 45.0 Å². The Balaban J connectivity index is 1.21. The Bertz CT molecular complexity index is 487. The van der Waals surface area contributed by atoms with E-state index in [-0.39, 0.29) is 0 Å². The van der Waals surface area contributed by atoms with Gasteiger partial charge < -0.3 is 14.5 Å². The molecule has 0 radical (unpaired) electrons. The Kier molecular flexibility index (Phi) is 5.36. The maximum Gasteiger partial charge on any atom is 0.0702 e. The molecule has 24 heavy (non-hydrogen) atoms. The molecule has 0 aliphatic carbocycles. The minimum atomic E-state index is 0.510. The molecule has 1 aromatic carbocycles. The topological polar surface area (TPSA) is 19.0 Å². The van der Waals surface area contributed by atoms with Crippen LogP contribution in [0, 0.1) is 0 Å². The highest BCUT2D eigenvalue weighted by Crippen LogP contribution is 2.22. The first-order valence-corrected chi connectivity index (χ1v) is 9.76. The smallest absolute Gasteiger partial charge is 0.0702 e. The first-order chi connectivity index (χ1) is 11.9. The third-order valence-electron chi connectivity index (χ3n) is 5.99. The maximum atomic E-state index is 5.80. The number of nitrogens with zero attached hydrogens (tertiary/aromatic N) is 3. The summed E-state index contributed by atoms with van der Waals surface area (Å²) in [5.74, 6) is 0. The predicted molar refractivity (Wildman–Crippen MR) is 98.7 cm³/mol. The SMILES string of the molecule is c1ccc(N2CCN(C3CCN(C[C@@H]4CCCO4)CC3)CC2)cc1. The number of piperidine rings is 1. The summed E-state index contributed by atoms with van der Waals surface area (Å²) in [6.45, 7) is 9.41. The van der Waals surface area contributed by atoms with Gasteiger partial charge in [0.15, 0.2) is 0 Å². The van der Waals surface area contributed by atoms with Crippen LogP contribution in [0.2, 0.25) is 0 Å². The molecule has 3 saturated heterocycles. The first-order valence-electron chi connectivity index (χ1n) is 9.76. The molecule has 0 unspecified atom stereocenters. The van der Waals surface area contributed by atoms with Gasteiger partial charge in [-0.05, 0) is 50.9 Å². The van der Waals surface area contributed by atoms with Crippen molar-refractivity contribution in [2.24, 2.45) is 0 Å². The molecule has 3 heterocycles. The molecule has 0 spiro atoms. The Morgan fingerprint density at radius 2 is 1.62 bits per heavy atom. The van der Waals surface area contributed by atoms with Crippen LogP contribution in [-0.4, -0.2) is 74.4 Å². The number of benzene rings is 1. The van der Waals surface area contributed by atoms with E-state index in [0.717, 1.165) is 19.2 Å². The fourth-order valence-electron chi connectivity index (χ4n) is 4.53. The van der Waals surface area contributed by atoms with Crippen molar-refractivity contribution in [2.75, 3.05) is 57.3 Å². The van der Waals surface area contributed by atoms with Gasteiger partial charge in [-0.25, -0.2) is 0 Å². The minimum absolute atomic E-state index is 0.510. The number of piperazine rings is 1. The van der Waals surface area contributed by atoms with Gasteiger partial charge in [0.25, 0.3) is 0 Å². The third-order valence-corrected chi connectivity index (χ3v) is 5.99. The van der Waals surface area contributed by atoms with E-state index in [9.17, 15) is 0 Å². The van der Waals surface area contributed by atoms with Crippen LogP contribution in [0.3, 0.4) is 0 Å². The highest BCUT2D eigenvalue weighted by Gasteiger charge is 2.29. The average molecular weight is 329 g/mol. The van der Waals surface area contributed by atoms with E-state index in [1.807, 2.05) is 0 Å². The van der Waals surface area contributed by atoms with Crippen LogP contribution in [0.25, 0.3) is 0 Å². The van der Waals surface area contributed by atoms with Crippen LogP contribution >= 0.6 is 0 Å². The predicted octanol–water partition coefficient (Wildman–Crippen LogP) is 2.45. The number of ether oxygens (including phenoxy) is 1. The normalized spacial score (nSPS) is 27.7. The van der Waals surface area contributed by atoms with Gasteiger partial charge in [-0.2, -0.15) is 0 Å². The lowest BCUT2D eigenvalue weighted by Crippen LogP contribution is -2.53. The number of rotatable bonds is 4. The standard InChI is InChI=1S/C20H31N3O/c1-2-5-18(6-3-1)22-12-14-23(15-13-22)19-8-10-21(11-9-19)17-20-7-4-16-24-20/h1-3,5-6,19-20H,4,7-17H2/t20-/m0/s1. The average Bonchev–Trinajstić information content (AvgIpc) is 3.16. The Morgan fingerprint density at radius 1 is 0.875 bits per heavy atom. The van der Waals surface area contributed by atoms with Crippen molar-refractivity contribution in [1.82, 2.24) is 9.80 Å². The van der Waals surface area contributed by atoms with Crippen molar-refractivity contribution in [3.63, 3.8) is 0 Å². The van der Waals surface area contributed by atoms with E-state index < -0.39 is 0 Å². The summed E-state index contributed by atoms with van der Waals surface area (Å²) >= 11 is 0. The summed E-state index contributed by atoms with van der Waals surface area (Å²) in [5, 5.41) is 0. The number of likely N-dealkylation sites (tertiary alicyclic amines) is 1. The second kappa shape index (κ2) is 7.85. The lowest BCUT2D eigenvalue weighted by Gasteiger charge is -2.43. The Hall–Kier alpha value is -1.10. The van der Waals surface area contributed by atoms with Crippen molar-refractivity contribution in [3.8, 4) is 0 Å². The van der Waals surface area contributed by atoms with Gasteiger partial charge in [-0.1, -0.05) is 18.2 Å². The van der Waals surface area contributed by atoms with Crippen molar-refractivity contribution in [1.29, 1.82) is 0 Å². The summed E-state index contributed by atoms with van der Waals surface area (Å²) in [6.07, 6.45) is 5.69. The molecule has 4 heteroatoms. The molecule has 4 nitrogen and oxygen atoms in total. The van der Waals surface area contributed by atoms with E-state index >= 15 is 0 Å². The third kappa shape index (κ3) is 3.93. The monoisotopic (exact) mass is 329 g/mol. The van der Waals surface area contributed by atoms with Gasteiger partial charge in [0, 0.05) is 51.1 Å². The molecule has 0 aromatic heterocycles. The first kappa shape index (κ1) is 16.4. The highest BCUT2D eigenvalue weighted by molar-refractivity contribution is 5.46. The zero-order chi connectivity index (χ0) is 16.2. The van der Waals surface area contributed by atoms with E-state index in [1.54, 1.807) is 0 Å². The zero-order valence-electron chi connectivity index (χ0n) is 14.8. The highest BCUT2D eigenvalue weighted by atomic mass is 16.5. The summed E-state index contributed by atoms with van der Waals surface area (Å²) in [4.78, 5) is 7.90. The summed E-state index contributed by atoms with van der Waals surface area (Å²) < 4.78 is 5.80. The number of para-hydroxylation sites is 1. The summed E-state index contributed by atoms with van der Waals surface area (Å²) in [7, 11) is 0. The largest absolute Gasteiger partial charge is 0.377 e. The van der Waals surface area contributed by atoms with Gasteiger partial charge in [0.1, 0.15) is 0 Å². The molecule has 0 N–H and O–H groups in total. The number of hydrogen-bond donors (Lipinski definition) is 0. The molecule has 0 bridgehead atoms. The van der Waals surface area contributed by atoms with E-state index in [0.29, 0.717) is 6.10 Å². The summed E-state index contributed by atoms with van der Waals surface area (Å²) in [5.41, 5.74) is 1.38. The number of anilines is 1. The van der Waals surface area contributed by atoms with Crippen LogP contribution in [0.1, 0.15) is 25.7 Å². The lowest BCUT2D eigenvalue weighted by atomic mass is 10.0. The molecule has 4 rings (SSSR count). The van der Waals surface area contributed by atoms with Crippen molar-refractivity contribution >= 4 is 5.69 Å². The van der Waals surface area contributed by atoms with Gasteiger partial charge in [-0.15, -0.1) is 0 Å². The van der Waals surface area contributed by atoms with Gasteiger partial charge >= 0.3 is 0 Å². The molecule has 3 aliphatic rings. The Morgan fingerprint density at radius 3 is 2.29 bits per heavy atom. The summed E-state index contributed by atoms with van der Waals surface area (Å²) in [6, 6.07) is 11.7. The second-order valence-corrected chi connectivity index (χ2v) is 7.53. The molecular formula is C20H31N3O. The van der Waals surface area contributed by atoms with Gasteiger partial charge in [0.05, 0.1) is 6.10 Å². The van der Waals surface area contributed by atoms with E-state index in [1.165, 1.54) is 70.6 Å². The van der Waals surface area contributed by atoms with Crippen molar-refractivity contribution in [3.05, 3.63) is 30.3 Å². The Labute approximate surface area is 146 Å². The number of hydrogen-bond acceptors (Lipinski definition) is 4. The van der Waals surface area contributed by atoms with Crippen molar-refractivity contribution in [2.45, 2.75) is 37.8 Å². The molecule has 3 aliphatic heterocycles. The maximum absolute atomic E-state index is 5.80. The molecule has 132 valence electrons. The van der Waals surface area contributed by atoms with Crippen molar-refractivity contribution < 1.29 is 4.74 Å². The minimum Gasteiger partial charge on any atom is -0.377 e. The van der Waals surface area contributed by atoms with Gasteiger partial charge in [0.2, 0.25) is 0 Å². The molecule has 1 atom stereocenters. The van der Waals surface area contributed by atoms with Crippen LogP contribution in [0.5, 0.6) is 0 Å². The van der Waals surface area contributed by atoms with Gasteiger partial charge in [-0.3, -0.25) is 4.90 Å². The molecule has 1 aromatic rings. The zero-order valence-corrected chi connectivity index (χ0v) is 14.8.